The first-order valence-electron chi connectivity index (χ1n) is 5.77. The molecule has 21 heavy (non-hydrogen) atoms. The highest BCUT2D eigenvalue weighted by Crippen LogP contribution is 2.20. The molecule has 0 fully saturated rings. The highest BCUT2D eigenvalue weighted by Gasteiger charge is 2.21. The Morgan fingerprint density at radius 3 is 2.52 bits per heavy atom. The van der Waals surface area contributed by atoms with Crippen molar-refractivity contribution in [2.75, 3.05) is 5.32 Å². The summed E-state index contributed by atoms with van der Waals surface area (Å²) in [5.74, 6) is -5.12. The monoisotopic (exact) mass is 297 g/mol. The lowest BCUT2D eigenvalue weighted by Crippen LogP contribution is -2.33. The summed E-state index contributed by atoms with van der Waals surface area (Å²) in [6, 6.07) is 1.04. The standard InChI is InChI=1S/C12H9F2N3O4/c13-6-4-7(14)9(3-5(6)12(20)21)15-11(19)8-1-2-10(18)17-16-8/h3-4H,1-2H2,(H,15,19)(H,17,18)(H,20,21). The van der Waals surface area contributed by atoms with Crippen molar-refractivity contribution in [3.05, 3.63) is 29.3 Å². The van der Waals surface area contributed by atoms with Gasteiger partial charge in [-0.15, -0.1) is 0 Å². The second-order valence-electron chi connectivity index (χ2n) is 4.16. The summed E-state index contributed by atoms with van der Waals surface area (Å²) in [4.78, 5) is 33.4. The first-order valence-corrected chi connectivity index (χ1v) is 5.77. The molecule has 1 aliphatic rings. The average Bonchev–Trinajstić information content (AvgIpc) is 2.42. The number of carbonyl (C=O) groups excluding carboxylic acids is 2. The number of benzene rings is 1. The Kier molecular flexibility index (Phi) is 3.92. The van der Waals surface area contributed by atoms with Gasteiger partial charge in [0.25, 0.3) is 5.91 Å². The van der Waals surface area contributed by atoms with Crippen LogP contribution in [0.25, 0.3) is 0 Å². The third-order valence-electron chi connectivity index (χ3n) is 2.70. The minimum atomic E-state index is -1.59. The van der Waals surface area contributed by atoms with Gasteiger partial charge in [0.2, 0.25) is 5.91 Å². The fraction of sp³-hybridized carbons (Fsp3) is 0.167. The molecule has 0 saturated heterocycles. The van der Waals surface area contributed by atoms with Gasteiger partial charge in [0.1, 0.15) is 17.3 Å². The lowest BCUT2D eigenvalue weighted by Gasteiger charge is -2.12. The van der Waals surface area contributed by atoms with Gasteiger partial charge in [-0.3, -0.25) is 9.59 Å². The Labute approximate surface area is 116 Å². The largest absolute Gasteiger partial charge is 0.478 e. The number of anilines is 1. The van der Waals surface area contributed by atoms with E-state index in [0.717, 1.165) is 0 Å². The van der Waals surface area contributed by atoms with Gasteiger partial charge in [0, 0.05) is 18.9 Å². The van der Waals surface area contributed by atoms with Crippen molar-refractivity contribution in [2.45, 2.75) is 12.8 Å². The first-order chi connectivity index (χ1) is 9.88. The zero-order valence-corrected chi connectivity index (χ0v) is 10.4. The molecule has 0 aliphatic carbocycles. The van der Waals surface area contributed by atoms with Gasteiger partial charge in [0.15, 0.2) is 0 Å². The summed E-state index contributed by atoms with van der Waals surface area (Å²) in [7, 11) is 0. The van der Waals surface area contributed by atoms with Gasteiger partial charge in [-0.05, 0) is 6.07 Å². The van der Waals surface area contributed by atoms with Gasteiger partial charge in [-0.1, -0.05) is 0 Å². The maximum Gasteiger partial charge on any atom is 0.338 e. The number of rotatable bonds is 3. The maximum atomic E-state index is 13.5. The zero-order valence-electron chi connectivity index (χ0n) is 10.4. The number of carboxylic acid groups (broad SMARTS) is 1. The third kappa shape index (κ3) is 3.19. The molecule has 0 bridgehead atoms. The van der Waals surface area contributed by atoms with E-state index in [1.54, 1.807) is 0 Å². The van der Waals surface area contributed by atoms with Gasteiger partial charge in [-0.25, -0.2) is 19.0 Å². The molecule has 1 aromatic rings. The zero-order chi connectivity index (χ0) is 15.6. The molecule has 0 aromatic heterocycles. The molecule has 7 nitrogen and oxygen atoms in total. The van der Waals surface area contributed by atoms with Crippen LogP contribution in [0.3, 0.4) is 0 Å². The molecule has 0 saturated carbocycles. The van der Waals surface area contributed by atoms with Crippen LogP contribution in [0.4, 0.5) is 14.5 Å². The van der Waals surface area contributed by atoms with Crippen LogP contribution in [0.15, 0.2) is 17.2 Å². The summed E-state index contributed by atoms with van der Waals surface area (Å²) >= 11 is 0. The smallest absolute Gasteiger partial charge is 0.338 e. The quantitative estimate of drug-likeness (QED) is 0.769. The second kappa shape index (κ2) is 5.65. The number of nitrogens with one attached hydrogen (secondary N) is 2. The molecule has 0 atom stereocenters. The lowest BCUT2D eigenvalue weighted by molar-refractivity contribution is -0.121. The van der Waals surface area contributed by atoms with Crippen LogP contribution in [0.5, 0.6) is 0 Å². The first kappa shape index (κ1) is 14.6. The summed E-state index contributed by atoms with van der Waals surface area (Å²) < 4.78 is 26.7. The molecule has 0 spiro atoms. The normalized spacial score (nSPS) is 14.2. The summed E-state index contributed by atoms with van der Waals surface area (Å²) in [5.41, 5.74) is 0.786. The van der Waals surface area contributed by atoms with E-state index in [4.69, 9.17) is 5.11 Å². The number of carbonyl (C=O) groups is 3. The number of carboxylic acids is 1. The van der Waals surface area contributed by atoms with E-state index in [0.29, 0.717) is 12.1 Å². The molecule has 0 unspecified atom stereocenters. The molecule has 1 aliphatic heterocycles. The molecule has 2 amide bonds. The van der Waals surface area contributed by atoms with Crippen molar-refractivity contribution in [2.24, 2.45) is 5.10 Å². The Hall–Kier alpha value is -2.84. The molecule has 1 aromatic carbocycles. The molecule has 0 radical (unpaired) electrons. The van der Waals surface area contributed by atoms with Crippen molar-refractivity contribution in [1.82, 2.24) is 5.43 Å². The summed E-state index contributed by atoms with van der Waals surface area (Å²) in [6.45, 7) is 0. The molecule has 3 N–H and O–H groups in total. The Morgan fingerprint density at radius 1 is 1.24 bits per heavy atom. The van der Waals surface area contributed by atoms with Crippen molar-refractivity contribution in [3.8, 4) is 0 Å². The molecular formula is C12H9F2N3O4. The second-order valence-corrected chi connectivity index (χ2v) is 4.16. The minimum Gasteiger partial charge on any atom is -0.478 e. The van der Waals surface area contributed by atoms with Crippen LogP contribution in [-0.2, 0) is 9.59 Å². The van der Waals surface area contributed by atoms with E-state index < -0.39 is 34.8 Å². The van der Waals surface area contributed by atoms with Gasteiger partial charge < -0.3 is 10.4 Å². The fourth-order valence-electron chi connectivity index (χ4n) is 1.64. The number of hydrogen-bond donors (Lipinski definition) is 3. The van der Waals surface area contributed by atoms with Crippen molar-refractivity contribution in [3.63, 3.8) is 0 Å². The van der Waals surface area contributed by atoms with Crippen LogP contribution in [0, 0.1) is 11.6 Å². The van der Waals surface area contributed by atoms with Gasteiger partial charge in [-0.2, -0.15) is 5.10 Å². The van der Waals surface area contributed by atoms with Crippen molar-refractivity contribution >= 4 is 29.2 Å². The van der Waals surface area contributed by atoms with Gasteiger partial charge >= 0.3 is 5.97 Å². The van der Waals surface area contributed by atoms with E-state index in [-0.39, 0.29) is 24.5 Å². The van der Waals surface area contributed by atoms with Crippen LogP contribution in [0.1, 0.15) is 23.2 Å². The topological polar surface area (TPSA) is 108 Å². The minimum absolute atomic E-state index is 0.0461. The van der Waals surface area contributed by atoms with E-state index in [2.05, 4.69) is 15.8 Å². The summed E-state index contributed by atoms with van der Waals surface area (Å²) in [5, 5.41) is 14.3. The van der Waals surface area contributed by atoms with E-state index in [9.17, 15) is 23.2 Å². The van der Waals surface area contributed by atoms with E-state index in [1.807, 2.05) is 0 Å². The Morgan fingerprint density at radius 2 is 1.95 bits per heavy atom. The van der Waals surface area contributed by atoms with Gasteiger partial charge in [0.05, 0.1) is 11.3 Å². The number of hydrazone groups is 1. The molecule has 110 valence electrons. The third-order valence-corrected chi connectivity index (χ3v) is 2.70. The summed E-state index contributed by atoms with van der Waals surface area (Å²) in [6.07, 6.45) is 0.116. The van der Waals surface area contributed by atoms with E-state index in [1.165, 1.54) is 0 Å². The van der Waals surface area contributed by atoms with Crippen LogP contribution >= 0.6 is 0 Å². The molecule has 9 heteroatoms. The number of nitrogens with zero attached hydrogens (tertiary/aromatic N) is 1. The van der Waals surface area contributed by atoms with Crippen LogP contribution in [-0.4, -0.2) is 28.6 Å². The molecule has 2 rings (SSSR count). The van der Waals surface area contributed by atoms with Crippen molar-refractivity contribution in [1.29, 1.82) is 0 Å². The number of aromatic carboxylic acids is 1. The SMILES string of the molecule is O=C1CCC(C(=O)Nc2cc(C(=O)O)c(F)cc2F)=NN1. The molecular weight excluding hydrogens is 288 g/mol. The number of amides is 2. The highest BCUT2D eigenvalue weighted by molar-refractivity contribution is 6.43. The van der Waals surface area contributed by atoms with Crippen LogP contribution < -0.4 is 10.7 Å². The average molecular weight is 297 g/mol. The predicted octanol–water partition coefficient (Wildman–Crippen LogP) is 0.867. The van der Waals surface area contributed by atoms with Crippen molar-refractivity contribution < 1.29 is 28.3 Å². The maximum absolute atomic E-state index is 13.5. The van der Waals surface area contributed by atoms with E-state index >= 15 is 0 Å². The highest BCUT2D eigenvalue weighted by atomic mass is 19.1. The number of hydrogen-bond acceptors (Lipinski definition) is 4. The predicted molar refractivity (Wildman–Crippen MR) is 66.8 cm³/mol. The molecule has 1 heterocycles. The number of halogens is 2. The Bertz CT molecular complexity index is 673. The lowest BCUT2D eigenvalue weighted by atomic mass is 10.1. The fourth-order valence-corrected chi connectivity index (χ4v) is 1.64. The van der Waals surface area contributed by atoms with Crippen LogP contribution in [0.2, 0.25) is 0 Å². The Balaban J connectivity index is 2.23.